The molecule has 4 bridgehead atoms. The zero-order chi connectivity index (χ0) is 19.4. The molecule has 2 N–H and O–H groups in total. The number of amides is 1. The molecule has 0 aromatic carbocycles. The normalized spacial score (nSPS) is 32.5. The number of pyridine rings is 1. The minimum atomic E-state index is -3.96. The highest BCUT2D eigenvalue weighted by Crippen LogP contribution is 2.53. The molecule has 0 spiro atoms. The Hall–Kier alpha value is -1.18. The zero-order valence-electron chi connectivity index (χ0n) is 15.6. The first-order valence-corrected chi connectivity index (χ1v) is 11.5. The van der Waals surface area contributed by atoms with Gasteiger partial charge in [-0.25, -0.2) is 13.4 Å². The van der Waals surface area contributed by atoms with Crippen molar-refractivity contribution in [2.75, 3.05) is 0 Å². The monoisotopic (exact) mass is 411 g/mol. The molecule has 148 valence electrons. The molecule has 0 atom stereocenters. The van der Waals surface area contributed by atoms with Crippen molar-refractivity contribution in [1.82, 2.24) is 15.0 Å². The predicted octanol–water partition coefficient (Wildman–Crippen LogP) is 2.73. The quantitative estimate of drug-likeness (QED) is 0.729. The van der Waals surface area contributed by atoms with Gasteiger partial charge in [-0.05, 0) is 81.8 Å². The second kappa shape index (κ2) is 6.71. The van der Waals surface area contributed by atoms with Crippen LogP contribution in [0.2, 0.25) is 5.15 Å². The maximum Gasteiger partial charge on any atom is 0.244 e. The molecular formula is C19H26ClN3O3S. The lowest BCUT2D eigenvalue weighted by molar-refractivity contribution is -0.129. The minimum Gasteiger partial charge on any atom is -0.351 e. The van der Waals surface area contributed by atoms with Gasteiger partial charge in [-0.3, -0.25) is 4.79 Å². The summed E-state index contributed by atoms with van der Waals surface area (Å²) >= 11 is 5.92. The van der Waals surface area contributed by atoms with Crippen molar-refractivity contribution in [3.05, 3.63) is 23.5 Å². The highest BCUT2D eigenvalue weighted by Gasteiger charge is 2.49. The number of rotatable bonds is 5. The van der Waals surface area contributed by atoms with Crippen LogP contribution in [0.3, 0.4) is 0 Å². The van der Waals surface area contributed by atoms with E-state index in [0.29, 0.717) is 11.8 Å². The number of carbonyl (C=O) groups is 1. The molecule has 0 aliphatic heterocycles. The number of nitrogens with zero attached hydrogens (tertiary/aromatic N) is 1. The molecule has 1 aromatic heterocycles. The van der Waals surface area contributed by atoms with Crippen LogP contribution in [-0.4, -0.2) is 30.9 Å². The number of hydrogen-bond donors (Lipinski definition) is 2. The van der Waals surface area contributed by atoms with Crippen LogP contribution in [-0.2, 0) is 14.8 Å². The molecule has 6 nitrogen and oxygen atoms in total. The molecular weight excluding hydrogens is 386 g/mol. The van der Waals surface area contributed by atoms with Gasteiger partial charge in [-0.1, -0.05) is 11.6 Å². The fourth-order valence-corrected chi connectivity index (χ4v) is 7.33. The minimum absolute atomic E-state index is 0.109. The van der Waals surface area contributed by atoms with Gasteiger partial charge in [0.1, 0.15) is 15.6 Å². The van der Waals surface area contributed by atoms with E-state index in [1.165, 1.54) is 50.4 Å². The van der Waals surface area contributed by atoms with Crippen molar-refractivity contribution < 1.29 is 13.2 Å². The van der Waals surface area contributed by atoms with E-state index in [0.717, 1.165) is 11.8 Å². The number of halogens is 1. The Morgan fingerprint density at radius 1 is 1.15 bits per heavy atom. The summed E-state index contributed by atoms with van der Waals surface area (Å²) in [6.07, 6.45) is 7.53. The van der Waals surface area contributed by atoms with E-state index >= 15 is 0 Å². The van der Waals surface area contributed by atoms with Gasteiger partial charge in [-0.15, -0.1) is 0 Å². The number of carbonyl (C=O) groups excluding carboxylic acids is 1. The van der Waals surface area contributed by atoms with E-state index in [2.05, 4.69) is 15.0 Å². The third kappa shape index (κ3) is 3.61. The third-order valence-corrected chi connectivity index (χ3v) is 8.60. The summed E-state index contributed by atoms with van der Waals surface area (Å²) < 4.78 is 27.9. The zero-order valence-corrected chi connectivity index (χ0v) is 17.2. The Labute approximate surface area is 165 Å². The lowest BCUT2D eigenvalue weighted by Gasteiger charge is -2.54. The Morgan fingerprint density at radius 2 is 1.74 bits per heavy atom. The van der Waals surface area contributed by atoms with Crippen LogP contribution in [0.4, 0.5) is 0 Å². The van der Waals surface area contributed by atoms with E-state index in [1.54, 1.807) is 13.8 Å². The van der Waals surface area contributed by atoms with Gasteiger partial charge in [0.15, 0.2) is 0 Å². The van der Waals surface area contributed by atoms with E-state index < -0.39 is 15.6 Å². The van der Waals surface area contributed by atoms with Crippen LogP contribution in [0.25, 0.3) is 0 Å². The van der Waals surface area contributed by atoms with Crippen LogP contribution in [0, 0.1) is 23.7 Å². The summed E-state index contributed by atoms with van der Waals surface area (Å²) in [5.41, 5.74) is -1.29. The standard InChI is InChI=1S/C19H26ClN3O3S/c1-19(2,23-27(25,26)15-4-3-5-21-17(15)20)18(24)22-16-13-7-11-6-12(9-13)10-14(16)8-11/h3-5,11-14,16,23H,6-10H2,1-2H3,(H,22,24). The fraction of sp³-hybridized carbons (Fsp3) is 0.684. The summed E-state index contributed by atoms with van der Waals surface area (Å²) in [5.74, 6) is 2.42. The van der Waals surface area contributed by atoms with Crippen LogP contribution >= 0.6 is 11.6 Å². The molecule has 8 heteroatoms. The van der Waals surface area contributed by atoms with Crippen LogP contribution in [0.15, 0.2) is 23.2 Å². The Morgan fingerprint density at radius 3 is 2.30 bits per heavy atom. The Balaban J connectivity index is 1.47. The molecule has 27 heavy (non-hydrogen) atoms. The maximum atomic E-state index is 13.0. The van der Waals surface area contributed by atoms with Crippen molar-refractivity contribution in [2.24, 2.45) is 23.7 Å². The van der Waals surface area contributed by atoms with Gasteiger partial charge in [-0.2, -0.15) is 4.72 Å². The van der Waals surface area contributed by atoms with Crippen molar-refractivity contribution >= 4 is 27.5 Å². The van der Waals surface area contributed by atoms with Gasteiger partial charge in [0, 0.05) is 12.2 Å². The van der Waals surface area contributed by atoms with Crippen molar-refractivity contribution in [1.29, 1.82) is 0 Å². The molecule has 5 rings (SSSR count). The first-order valence-electron chi connectivity index (χ1n) is 9.61. The lowest BCUT2D eigenvalue weighted by Crippen LogP contribution is -2.62. The summed E-state index contributed by atoms with van der Waals surface area (Å²) in [6, 6.07) is 3.04. The van der Waals surface area contributed by atoms with Crippen LogP contribution < -0.4 is 10.0 Å². The fourth-order valence-electron chi connectivity index (χ4n) is 5.50. The average molecular weight is 412 g/mol. The Kier molecular flexibility index (Phi) is 4.76. The SMILES string of the molecule is CC(C)(NS(=O)(=O)c1cccnc1Cl)C(=O)NC1C2CC3CC(C2)CC1C3. The van der Waals surface area contributed by atoms with E-state index in [9.17, 15) is 13.2 Å². The van der Waals surface area contributed by atoms with E-state index in [4.69, 9.17) is 11.6 Å². The third-order valence-electron chi connectivity index (χ3n) is 6.50. The molecule has 1 aromatic rings. The number of sulfonamides is 1. The average Bonchev–Trinajstić information content (AvgIpc) is 2.56. The first kappa shape index (κ1) is 19.2. The molecule has 4 fully saturated rings. The van der Waals surface area contributed by atoms with Crippen molar-refractivity contribution in [3.8, 4) is 0 Å². The highest BCUT2D eigenvalue weighted by molar-refractivity contribution is 7.89. The van der Waals surface area contributed by atoms with Crippen LogP contribution in [0.1, 0.15) is 46.0 Å². The highest BCUT2D eigenvalue weighted by atomic mass is 35.5. The summed E-state index contributed by atoms with van der Waals surface area (Å²) in [4.78, 5) is 16.7. The first-order chi connectivity index (χ1) is 12.7. The molecule has 4 saturated carbocycles. The Bertz CT molecular complexity index is 828. The molecule has 1 amide bonds. The van der Waals surface area contributed by atoms with Crippen molar-refractivity contribution in [2.45, 2.75) is 62.4 Å². The molecule has 4 aliphatic rings. The second-order valence-corrected chi connectivity index (χ2v) is 11.0. The predicted molar refractivity (Wildman–Crippen MR) is 103 cm³/mol. The molecule has 1 heterocycles. The van der Waals surface area contributed by atoms with Gasteiger partial charge in [0.25, 0.3) is 0 Å². The smallest absolute Gasteiger partial charge is 0.244 e. The maximum absolute atomic E-state index is 13.0. The van der Waals surface area contributed by atoms with E-state index in [1.807, 2.05) is 0 Å². The molecule has 4 aliphatic carbocycles. The number of hydrogen-bond acceptors (Lipinski definition) is 4. The van der Waals surface area contributed by atoms with Crippen LogP contribution in [0.5, 0.6) is 0 Å². The van der Waals surface area contributed by atoms with Gasteiger partial charge in [0.05, 0.1) is 0 Å². The van der Waals surface area contributed by atoms with Gasteiger partial charge >= 0.3 is 0 Å². The molecule has 0 unspecified atom stereocenters. The summed E-state index contributed by atoms with van der Waals surface area (Å²) in [5, 5.41) is 3.07. The molecule has 0 radical (unpaired) electrons. The second-order valence-electron chi connectivity index (χ2n) is 8.95. The number of aromatic nitrogens is 1. The van der Waals surface area contributed by atoms with E-state index in [-0.39, 0.29) is 22.0 Å². The lowest BCUT2D eigenvalue weighted by atomic mass is 9.54. The number of nitrogens with one attached hydrogen (secondary N) is 2. The summed E-state index contributed by atoms with van der Waals surface area (Å²) in [7, 11) is -3.96. The molecule has 0 saturated heterocycles. The topological polar surface area (TPSA) is 88.2 Å². The van der Waals surface area contributed by atoms with Gasteiger partial charge in [0.2, 0.25) is 15.9 Å². The van der Waals surface area contributed by atoms with Gasteiger partial charge < -0.3 is 5.32 Å². The van der Waals surface area contributed by atoms with Crippen molar-refractivity contribution in [3.63, 3.8) is 0 Å². The summed E-state index contributed by atoms with van der Waals surface area (Å²) in [6.45, 7) is 3.17. The largest absolute Gasteiger partial charge is 0.351 e.